The molecule has 6 heteroatoms. The fourth-order valence-electron chi connectivity index (χ4n) is 3.39. The molecule has 1 fully saturated rings. The van der Waals surface area contributed by atoms with Gasteiger partial charge in [-0.3, -0.25) is 14.5 Å². The third-order valence-electron chi connectivity index (χ3n) is 4.63. The number of hydrogen-bond acceptors (Lipinski definition) is 4. The first-order valence-corrected chi connectivity index (χ1v) is 9.24. The molecule has 0 spiro atoms. The van der Waals surface area contributed by atoms with Crippen LogP contribution in [0.3, 0.4) is 0 Å². The Labute approximate surface area is 144 Å². The molecule has 1 saturated carbocycles. The third kappa shape index (κ3) is 2.82. The lowest BCUT2D eigenvalue weighted by Gasteiger charge is -2.22. The highest BCUT2D eigenvalue weighted by atomic mass is 32.1. The van der Waals surface area contributed by atoms with Crippen LogP contribution in [0.1, 0.15) is 53.5 Å². The SMILES string of the molecule is Cc1nn(C2CCCCC2)c2sc(C(=O)Nc3cccnc3)cc12. The molecule has 1 aliphatic rings. The molecule has 3 aromatic heterocycles. The van der Waals surface area contributed by atoms with E-state index in [4.69, 9.17) is 5.10 Å². The summed E-state index contributed by atoms with van der Waals surface area (Å²) in [6.45, 7) is 2.02. The maximum absolute atomic E-state index is 12.5. The number of anilines is 1. The molecule has 124 valence electrons. The average Bonchev–Trinajstić information content (AvgIpc) is 3.18. The summed E-state index contributed by atoms with van der Waals surface area (Å²) < 4.78 is 2.16. The number of rotatable bonds is 3. The van der Waals surface area contributed by atoms with Gasteiger partial charge in [0.05, 0.1) is 28.5 Å². The number of carbonyl (C=O) groups excluding carboxylic acids is 1. The van der Waals surface area contributed by atoms with Gasteiger partial charge >= 0.3 is 0 Å². The number of carbonyl (C=O) groups is 1. The second-order valence-corrected chi connectivity index (χ2v) is 7.38. The Morgan fingerprint density at radius 3 is 2.92 bits per heavy atom. The fraction of sp³-hybridized carbons (Fsp3) is 0.389. The van der Waals surface area contributed by atoms with Gasteiger partial charge in [-0.05, 0) is 38.0 Å². The van der Waals surface area contributed by atoms with E-state index in [1.807, 2.05) is 25.1 Å². The van der Waals surface area contributed by atoms with Gasteiger partial charge in [0.2, 0.25) is 0 Å². The molecule has 4 rings (SSSR count). The van der Waals surface area contributed by atoms with Gasteiger partial charge in [0.25, 0.3) is 5.91 Å². The highest BCUT2D eigenvalue weighted by Crippen LogP contribution is 2.35. The van der Waals surface area contributed by atoms with E-state index in [1.54, 1.807) is 12.4 Å². The second kappa shape index (κ2) is 6.36. The minimum absolute atomic E-state index is 0.0844. The molecule has 0 saturated heterocycles. The smallest absolute Gasteiger partial charge is 0.265 e. The molecular formula is C18H20N4OS. The largest absolute Gasteiger partial charge is 0.320 e. The topological polar surface area (TPSA) is 59.8 Å². The van der Waals surface area contributed by atoms with Crippen molar-refractivity contribution in [3.63, 3.8) is 0 Å². The lowest BCUT2D eigenvalue weighted by Crippen LogP contribution is -2.14. The van der Waals surface area contributed by atoms with Crippen LogP contribution in [-0.2, 0) is 0 Å². The maximum Gasteiger partial charge on any atom is 0.265 e. The second-order valence-electron chi connectivity index (χ2n) is 6.35. The minimum atomic E-state index is -0.0844. The van der Waals surface area contributed by atoms with Gasteiger partial charge in [-0.1, -0.05) is 19.3 Å². The van der Waals surface area contributed by atoms with Crippen LogP contribution in [0, 0.1) is 6.92 Å². The van der Waals surface area contributed by atoms with Crippen molar-refractivity contribution in [3.05, 3.63) is 41.2 Å². The number of amides is 1. The summed E-state index contributed by atoms with van der Waals surface area (Å²) in [7, 11) is 0. The van der Waals surface area contributed by atoms with Gasteiger partial charge in [-0.15, -0.1) is 11.3 Å². The van der Waals surface area contributed by atoms with Crippen molar-refractivity contribution in [2.45, 2.75) is 45.1 Å². The lowest BCUT2D eigenvalue weighted by atomic mass is 9.96. The zero-order chi connectivity index (χ0) is 16.5. The molecule has 0 unspecified atom stereocenters. The van der Waals surface area contributed by atoms with Crippen molar-refractivity contribution in [2.75, 3.05) is 5.32 Å². The van der Waals surface area contributed by atoms with Crippen LogP contribution in [0.25, 0.3) is 10.2 Å². The van der Waals surface area contributed by atoms with Crippen LogP contribution < -0.4 is 5.32 Å². The quantitative estimate of drug-likeness (QED) is 0.760. The number of pyridine rings is 1. The monoisotopic (exact) mass is 340 g/mol. The number of hydrogen-bond donors (Lipinski definition) is 1. The molecular weight excluding hydrogens is 320 g/mol. The zero-order valence-electron chi connectivity index (χ0n) is 13.7. The molecule has 1 aliphatic carbocycles. The number of nitrogens with one attached hydrogen (secondary N) is 1. The van der Waals surface area contributed by atoms with Crippen molar-refractivity contribution < 1.29 is 4.79 Å². The van der Waals surface area contributed by atoms with Crippen molar-refractivity contribution in [1.82, 2.24) is 14.8 Å². The van der Waals surface area contributed by atoms with Crippen molar-refractivity contribution in [2.24, 2.45) is 0 Å². The first kappa shape index (κ1) is 15.3. The molecule has 0 radical (unpaired) electrons. The highest BCUT2D eigenvalue weighted by molar-refractivity contribution is 7.20. The van der Waals surface area contributed by atoms with Crippen molar-refractivity contribution >= 4 is 33.1 Å². The summed E-state index contributed by atoms with van der Waals surface area (Å²) in [5.74, 6) is -0.0844. The van der Waals surface area contributed by atoms with Crippen LogP contribution in [0.5, 0.6) is 0 Å². The Morgan fingerprint density at radius 2 is 2.17 bits per heavy atom. The van der Waals surface area contributed by atoms with Crippen LogP contribution >= 0.6 is 11.3 Å². The Hall–Kier alpha value is -2.21. The molecule has 1 amide bonds. The van der Waals surface area contributed by atoms with E-state index in [2.05, 4.69) is 15.0 Å². The summed E-state index contributed by atoms with van der Waals surface area (Å²) in [5, 5.41) is 8.75. The normalized spacial score (nSPS) is 15.7. The highest BCUT2D eigenvalue weighted by Gasteiger charge is 2.22. The van der Waals surface area contributed by atoms with Gasteiger partial charge in [0.1, 0.15) is 4.83 Å². The molecule has 5 nitrogen and oxygen atoms in total. The van der Waals surface area contributed by atoms with E-state index in [0.717, 1.165) is 20.8 Å². The fourth-order valence-corrected chi connectivity index (χ4v) is 4.51. The summed E-state index contributed by atoms with van der Waals surface area (Å²) in [6, 6.07) is 6.09. The van der Waals surface area contributed by atoms with Gasteiger partial charge in [0.15, 0.2) is 0 Å². The molecule has 24 heavy (non-hydrogen) atoms. The number of fused-ring (bicyclic) bond motifs is 1. The Bertz CT molecular complexity index is 862. The van der Waals surface area contributed by atoms with E-state index in [-0.39, 0.29) is 5.91 Å². The van der Waals surface area contributed by atoms with E-state index < -0.39 is 0 Å². The first-order valence-electron chi connectivity index (χ1n) is 8.42. The van der Waals surface area contributed by atoms with E-state index in [1.165, 1.54) is 43.4 Å². The molecule has 0 bridgehead atoms. The predicted molar refractivity (Wildman–Crippen MR) is 96.7 cm³/mol. The van der Waals surface area contributed by atoms with Crippen LogP contribution in [0.15, 0.2) is 30.6 Å². The summed E-state index contributed by atoms with van der Waals surface area (Å²) in [4.78, 5) is 18.4. The van der Waals surface area contributed by atoms with Crippen molar-refractivity contribution in [1.29, 1.82) is 0 Å². The average molecular weight is 340 g/mol. The summed E-state index contributed by atoms with van der Waals surface area (Å²) in [5.41, 5.74) is 1.72. The van der Waals surface area contributed by atoms with Gasteiger partial charge in [0, 0.05) is 11.6 Å². The predicted octanol–water partition coefficient (Wildman–Crippen LogP) is 4.56. The Kier molecular flexibility index (Phi) is 4.06. The summed E-state index contributed by atoms with van der Waals surface area (Å²) >= 11 is 1.53. The van der Waals surface area contributed by atoms with Gasteiger partial charge < -0.3 is 5.32 Å². The van der Waals surface area contributed by atoms with Gasteiger partial charge in [-0.25, -0.2) is 0 Å². The van der Waals surface area contributed by atoms with Crippen LogP contribution in [-0.4, -0.2) is 20.7 Å². The van der Waals surface area contributed by atoms with Crippen LogP contribution in [0.2, 0.25) is 0 Å². The molecule has 0 aliphatic heterocycles. The van der Waals surface area contributed by atoms with E-state index in [9.17, 15) is 4.79 Å². The Morgan fingerprint density at radius 1 is 1.33 bits per heavy atom. The third-order valence-corrected chi connectivity index (χ3v) is 5.76. The first-order chi connectivity index (χ1) is 11.7. The minimum Gasteiger partial charge on any atom is -0.320 e. The van der Waals surface area contributed by atoms with Crippen molar-refractivity contribution in [3.8, 4) is 0 Å². The molecule has 0 aromatic carbocycles. The zero-order valence-corrected chi connectivity index (χ0v) is 14.5. The Balaban J connectivity index is 1.64. The molecule has 3 heterocycles. The molecule has 3 aromatic rings. The van der Waals surface area contributed by atoms with Crippen LogP contribution in [0.4, 0.5) is 5.69 Å². The summed E-state index contributed by atoms with van der Waals surface area (Å²) in [6.07, 6.45) is 9.58. The van der Waals surface area contributed by atoms with E-state index >= 15 is 0 Å². The number of aryl methyl sites for hydroxylation is 1. The lowest BCUT2D eigenvalue weighted by molar-refractivity contribution is 0.103. The standard InChI is InChI=1S/C18H20N4OS/c1-12-15-10-16(17(23)20-13-6-5-9-19-11-13)24-18(15)22(21-12)14-7-3-2-4-8-14/h5-6,9-11,14H,2-4,7-8H2,1H3,(H,20,23). The number of nitrogens with zero attached hydrogens (tertiary/aromatic N) is 3. The maximum atomic E-state index is 12.5. The molecule has 1 N–H and O–H groups in total. The number of thiophene rings is 1. The van der Waals surface area contributed by atoms with Gasteiger partial charge in [-0.2, -0.15) is 5.10 Å². The number of aromatic nitrogens is 3. The van der Waals surface area contributed by atoms with E-state index in [0.29, 0.717) is 11.7 Å². The molecule has 0 atom stereocenters.